The molecule has 1 aliphatic heterocycles. The molecule has 0 spiro atoms. The molecule has 1 saturated heterocycles. The van der Waals surface area contributed by atoms with Crippen LogP contribution in [0, 0.1) is 11.8 Å². The van der Waals surface area contributed by atoms with Gasteiger partial charge in [-0.1, -0.05) is 43.7 Å². The smallest absolute Gasteiger partial charge is 0.366 e. The number of anilines is 1. The molecule has 2 aromatic carbocycles. The van der Waals surface area contributed by atoms with Gasteiger partial charge in [0.1, 0.15) is 11.3 Å². The van der Waals surface area contributed by atoms with Crippen LogP contribution in [0.5, 0.6) is 5.75 Å². The molecule has 0 aromatic heterocycles. The molecule has 2 amide bonds. The van der Waals surface area contributed by atoms with Crippen molar-refractivity contribution in [2.75, 3.05) is 12.0 Å². The average molecular weight is 420 g/mol. The molecule has 7 nitrogen and oxygen atoms in total. The summed E-state index contributed by atoms with van der Waals surface area (Å²) in [7, 11) is 1.48. The second kappa shape index (κ2) is 8.63. The van der Waals surface area contributed by atoms with Crippen molar-refractivity contribution in [3.63, 3.8) is 0 Å². The third-order valence-electron chi connectivity index (χ3n) is 5.91. The van der Waals surface area contributed by atoms with Crippen molar-refractivity contribution in [3.8, 4) is 5.75 Å². The molecule has 0 bridgehead atoms. The lowest BCUT2D eigenvalue weighted by molar-refractivity contribution is -0.122. The Morgan fingerprint density at radius 2 is 1.61 bits per heavy atom. The molecular weight excluding hydrogens is 396 g/mol. The molecule has 1 saturated carbocycles. The Morgan fingerprint density at radius 1 is 1.00 bits per heavy atom. The van der Waals surface area contributed by atoms with Crippen molar-refractivity contribution in [2.24, 2.45) is 11.8 Å². The number of nitrogens with one attached hydrogen (secondary N) is 1. The summed E-state index contributed by atoms with van der Waals surface area (Å²) in [5.74, 6) is -0.787. The molecule has 2 fully saturated rings. The zero-order valence-electron chi connectivity index (χ0n) is 17.3. The maximum Gasteiger partial charge on any atom is 0.366 e. The number of rotatable bonds is 6. The maximum absolute atomic E-state index is 12.7. The zero-order chi connectivity index (χ0) is 22.0. The van der Waals surface area contributed by atoms with Crippen molar-refractivity contribution < 1.29 is 24.0 Å². The van der Waals surface area contributed by atoms with Gasteiger partial charge in [-0.15, -0.1) is 0 Å². The number of benzene rings is 2. The molecule has 160 valence electrons. The van der Waals surface area contributed by atoms with Gasteiger partial charge in [0.25, 0.3) is 0 Å². The van der Waals surface area contributed by atoms with Crippen molar-refractivity contribution in [2.45, 2.75) is 25.7 Å². The fourth-order valence-corrected chi connectivity index (χ4v) is 4.26. The summed E-state index contributed by atoms with van der Waals surface area (Å²) in [4.78, 5) is 44.2. The summed E-state index contributed by atoms with van der Waals surface area (Å²) in [5, 5.41) is 0. The normalized spacial score (nSPS) is 20.2. The van der Waals surface area contributed by atoms with Crippen LogP contribution in [0.25, 0.3) is 5.70 Å². The van der Waals surface area contributed by atoms with Crippen molar-refractivity contribution in [3.05, 3.63) is 66.2 Å². The first-order valence-corrected chi connectivity index (χ1v) is 10.3. The molecule has 2 atom stereocenters. The fraction of sp³-hybridized carbons (Fsp3) is 0.292. The number of fused-ring (bicyclic) bond motifs is 1. The fourth-order valence-electron chi connectivity index (χ4n) is 4.26. The lowest BCUT2D eigenvalue weighted by Crippen LogP contribution is -2.30. The van der Waals surface area contributed by atoms with Crippen LogP contribution >= 0.6 is 0 Å². The lowest BCUT2D eigenvalue weighted by Gasteiger charge is -2.19. The van der Waals surface area contributed by atoms with Gasteiger partial charge in [-0.2, -0.15) is 0 Å². The van der Waals surface area contributed by atoms with Crippen molar-refractivity contribution in [1.82, 2.24) is 5.48 Å². The minimum Gasteiger partial charge on any atom is -0.496 e. The Balaban J connectivity index is 1.41. The summed E-state index contributed by atoms with van der Waals surface area (Å²) < 4.78 is 5.16. The SMILES string of the molecule is C=C(NOC(=O)c1ccccc1OC)c1ccc(N2C(=O)C3CCCCC3C2=O)cc1. The monoisotopic (exact) mass is 420 g/mol. The van der Waals surface area contributed by atoms with E-state index in [-0.39, 0.29) is 29.2 Å². The Morgan fingerprint density at radius 3 is 2.23 bits per heavy atom. The van der Waals surface area contributed by atoms with Gasteiger partial charge in [0.2, 0.25) is 11.8 Å². The summed E-state index contributed by atoms with van der Waals surface area (Å²) in [6.45, 7) is 3.88. The van der Waals surface area contributed by atoms with Gasteiger partial charge in [-0.05, 0) is 37.1 Å². The van der Waals surface area contributed by atoms with Gasteiger partial charge in [0.15, 0.2) is 0 Å². The van der Waals surface area contributed by atoms with Gasteiger partial charge in [-0.25, -0.2) is 10.3 Å². The highest BCUT2D eigenvalue weighted by Gasteiger charge is 2.48. The summed E-state index contributed by atoms with van der Waals surface area (Å²) in [5.41, 5.74) is 4.41. The van der Waals surface area contributed by atoms with E-state index in [1.165, 1.54) is 12.0 Å². The molecule has 2 aliphatic rings. The third kappa shape index (κ3) is 3.91. The Bertz CT molecular complexity index is 1010. The molecule has 7 heteroatoms. The largest absolute Gasteiger partial charge is 0.496 e. The predicted molar refractivity (Wildman–Crippen MR) is 115 cm³/mol. The van der Waals surface area contributed by atoms with Gasteiger partial charge in [-0.3, -0.25) is 14.5 Å². The van der Waals surface area contributed by atoms with Crippen molar-refractivity contribution >= 4 is 29.2 Å². The lowest BCUT2D eigenvalue weighted by atomic mass is 9.81. The van der Waals surface area contributed by atoms with E-state index in [0.29, 0.717) is 22.7 Å². The van der Waals surface area contributed by atoms with Gasteiger partial charge >= 0.3 is 5.97 Å². The van der Waals surface area contributed by atoms with Gasteiger partial charge < -0.3 is 9.57 Å². The number of methoxy groups -OCH3 is 1. The van der Waals surface area contributed by atoms with Gasteiger partial charge in [0, 0.05) is 5.56 Å². The van der Waals surface area contributed by atoms with Gasteiger partial charge in [0.05, 0.1) is 30.3 Å². The quantitative estimate of drug-likeness (QED) is 0.567. The minimum absolute atomic E-state index is 0.106. The second-order valence-electron chi connectivity index (χ2n) is 7.73. The van der Waals surface area contributed by atoms with E-state index in [9.17, 15) is 14.4 Å². The highest BCUT2D eigenvalue weighted by atomic mass is 16.7. The molecule has 1 aliphatic carbocycles. The van der Waals surface area contributed by atoms with Crippen LogP contribution in [-0.2, 0) is 14.4 Å². The number of ether oxygens (including phenoxy) is 1. The number of nitrogens with zero attached hydrogens (tertiary/aromatic N) is 1. The molecule has 1 heterocycles. The average Bonchev–Trinajstić information content (AvgIpc) is 3.07. The number of carbonyl (C=O) groups excluding carboxylic acids is 3. The van der Waals surface area contributed by atoms with Crippen LogP contribution in [0.1, 0.15) is 41.6 Å². The van der Waals surface area contributed by atoms with E-state index in [4.69, 9.17) is 9.57 Å². The summed E-state index contributed by atoms with van der Waals surface area (Å²) >= 11 is 0. The van der Waals surface area contributed by atoms with Crippen LogP contribution in [0.15, 0.2) is 55.1 Å². The Hall–Kier alpha value is -3.61. The molecule has 2 aromatic rings. The number of para-hydroxylation sites is 1. The van der Waals surface area contributed by atoms with E-state index < -0.39 is 5.97 Å². The number of imide groups is 1. The standard InChI is InChI=1S/C24H24N2O5/c1-15(25-31-24(29)20-9-5-6-10-21(20)30-2)16-11-13-17(14-12-16)26-22(27)18-7-3-4-8-19(18)23(26)28/h5-6,9-14,18-19,25H,1,3-4,7-8H2,2H3. The number of hydroxylamine groups is 1. The zero-order valence-corrected chi connectivity index (χ0v) is 17.3. The Labute approximate surface area is 180 Å². The van der Waals surface area contributed by atoms with Crippen LogP contribution in [0.3, 0.4) is 0 Å². The maximum atomic E-state index is 12.7. The number of carbonyl (C=O) groups is 3. The molecule has 1 N–H and O–H groups in total. The molecule has 31 heavy (non-hydrogen) atoms. The predicted octanol–water partition coefficient (Wildman–Crippen LogP) is 3.71. The topological polar surface area (TPSA) is 84.9 Å². The highest BCUT2D eigenvalue weighted by molar-refractivity contribution is 6.22. The first-order valence-electron chi connectivity index (χ1n) is 10.3. The van der Waals surface area contributed by atoms with E-state index in [2.05, 4.69) is 12.1 Å². The first-order chi connectivity index (χ1) is 15.0. The number of hydrogen-bond acceptors (Lipinski definition) is 6. The molecule has 4 rings (SSSR count). The van der Waals surface area contributed by atoms with Crippen LogP contribution in [0.4, 0.5) is 5.69 Å². The van der Waals surface area contributed by atoms with Crippen LogP contribution in [-0.4, -0.2) is 24.9 Å². The van der Waals surface area contributed by atoms with E-state index in [1.54, 1.807) is 48.5 Å². The minimum atomic E-state index is -0.605. The third-order valence-corrected chi connectivity index (χ3v) is 5.91. The highest BCUT2D eigenvalue weighted by Crippen LogP contribution is 2.40. The van der Waals surface area contributed by atoms with E-state index >= 15 is 0 Å². The van der Waals surface area contributed by atoms with E-state index in [0.717, 1.165) is 25.7 Å². The summed E-state index contributed by atoms with van der Waals surface area (Å²) in [6.07, 6.45) is 3.54. The van der Waals surface area contributed by atoms with E-state index in [1.807, 2.05) is 0 Å². The van der Waals surface area contributed by atoms with Crippen LogP contribution < -0.4 is 15.1 Å². The molecular formula is C24H24N2O5. The molecule has 2 unspecified atom stereocenters. The second-order valence-corrected chi connectivity index (χ2v) is 7.73. The van der Waals surface area contributed by atoms with Crippen LogP contribution in [0.2, 0.25) is 0 Å². The number of amides is 2. The summed E-state index contributed by atoms with van der Waals surface area (Å²) in [6, 6.07) is 13.6. The first kappa shape index (κ1) is 20.7. The van der Waals surface area contributed by atoms with Crippen molar-refractivity contribution in [1.29, 1.82) is 0 Å². The molecule has 0 radical (unpaired) electrons. The Kier molecular flexibility index (Phi) is 5.75. The number of hydrogen-bond donors (Lipinski definition) is 1.